The normalized spacial score (nSPS) is 18.1. The Morgan fingerprint density at radius 3 is 3.07 bits per heavy atom. The number of nitrogens with zero attached hydrogens (tertiary/aromatic N) is 2. The van der Waals surface area contributed by atoms with E-state index in [1.165, 1.54) is 24.4 Å². The molecule has 78 valence electrons. The van der Waals surface area contributed by atoms with Crippen LogP contribution in [0.2, 0.25) is 0 Å². The lowest BCUT2D eigenvalue weighted by Gasteiger charge is -2.17. The molecule has 0 amide bonds. The lowest BCUT2D eigenvalue weighted by atomic mass is 10.2. The topological polar surface area (TPSA) is 64.7 Å². The Bertz CT molecular complexity index is 433. The Labute approximate surface area is 84.3 Å². The number of fused-ring (bicyclic) bond motifs is 1. The molecule has 6 heteroatoms. The van der Waals surface area contributed by atoms with Crippen molar-refractivity contribution in [3.8, 4) is 5.75 Å². The molecule has 1 aliphatic heterocycles. The molecule has 0 aliphatic carbocycles. The summed E-state index contributed by atoms with van der Waals surface area (Å²) in [5.74, 6) is 0.415. The van der Waals surface area contributed by atoms with Gasteiger partial charge in [-0.2, -0.15) is 0 Å². The van der Waals surface area contributed by atoms with Gasteiger partial charge in [0.1, 0.15) is 12.4 Å². The third-order valence-electron chi connectivity index (χ3n) is 1.98. The van der Waals surface area contributed by atoms with E-state index in [1.807, 2.05) is 0 Å². The van der Waals surface area contributed by atoms with Gasteiger partial charge in [-0.25, -0.2) is 9.38 Å². The van der Waals surface area contributed by atoms with Crippen LogP contribution in [0, 0.1) is 10.1 Å². The van der Waals surface area contributed by atoms with Crippen LogP contribution >= 0.6 is 0 Å². The van der Waals surface area contributed by atoms with Crippen molar-refractivity contribution in [1.82, 2.24) is 0 Å². The molecule has 1 atom stereocenters. The quantitative estimate of drug-likeness (QED) is 0.551. The van der Waals surface area contributed by atoms with Crippen molar-refractivity contribution < 1.29 is 14.1 Å². The van der Waals surface area contributed by atoms with Gasteiger partial charge in [0.25, 0.3) is 5.69 Å². The number of nitro groups is 1. The van der Waals surface area contributed by atoms with Gasteiger partial charge in [0, 0.05) is 23.9 Å². The Kier molecular flexibility index (Phi) is 2.32. The van der Waals surface area contributed by atoms with E-state index in [0.29, 0.717) is 11.3 Å². The highest BCUT2D eigenvalue weighted by Crippen LogP contribution is 2.26. The maximum absolute atomic E-state index is 12.2. The van der Waals surface area contributed by atoms with Crippen LogP contribution in [-0.4, -0.2) is 24.0 Å². The molecular formula is C9H7FN2O3. The number of hydrogen-bond donors (Lipinski definition) is 0. The van der Waals surface area contributed by atoms with Crippen LogP contribution in [0.3, 0.4) is 0 Å². The number of hydrogen-bond acceptors (Lipinski definition) is 4. The van der Waals surface area contributed by atoms with Crippen molar-refractivity contribution in [1.29, 1.82) is 0 Å². The third-order valence-corrected chi connectivity index (χ3v) is 1.98. The average Bonchev–Trinajstić information content (AvgIpc) is 2.27. The first-order valence-electron chi connectivity index (χ1n) is 4.25. The summed E-state index contributed by atoms with van der Waals surface area (Å²) >= 11 is 0. The summed E-state index contributed by atoms with van der Waals surface area (Å²) in [6.45, 7) is -0.715. The van der Waals surface area contributed by atoms with Gasteiger partial charge in [-0.1, -0.05) is 0 Å². The maximum atomic E-state index is 12.2. The molecule has 1 aliphatic rings. The fourth-order valence-electron chi connectivity index (χ4n) is 1.27. The minimum atomic E-state index is -0.834. The molecule has 5 nitrogen and oxygen atoms in total. The van der Waals surface area contributed by atoms with Gasteiger partial charge in [0.2, 0.25) is 6.23 Å². The third kappa shape index (κ3) is 1.78. The summed E-state index contributed by atoms with van der Waals surface area (Å²) in [7, 11) is 0. The summed E-state index contributed by atoms with van der Waals surface area (Å²) in [5.41, 5.74) is 0.455. The molecule has 1 aromatic carbocycles. The number of alkyl halides is 1. The van der Waals surface area contributed by atoms with Crippen LogP contribution < -0.4 is 4.74 Å². The molecule has 0 fully saturated rings. The molecular weight excluding hydrogens is 203 g/mol. The summed E-state index contributed by atoms with van der Waals surface area (Å²) in [6.07, 6.45) is 0.551. The van der Waals surface area contributed by atoms with Crippen LogP contribution in [0.1, 0.15) is 5.56 Å². The SMILES string of the molecule is O=[N+]([O-])c1ccc2c(c1)C=NC(CF)O2. The number of rotatable bonds is 2. The van der Waals surface area contributed by atoms with Crippen molar-refractivity contribution in [3.63, 3.8) is 0 Å². The van der Waals surface area contributed by atoms with Crippen molar-refractivity contribution in [2.24, 2.45) is 4.99 Å². The molecule has 2 rings (SSSR count). The number of nitro benzene ring substituents is 1. The predicted octanol–water partition coefficient (Wildman–Crippen LogP) is 1.70. The molecule has 0 bridgehead atoms. The second kappa shape index (κ2) is 3.64. The number of benzene rings is 1. The van der Waals surface area contributed by atoms with Crippen LogP contribution in [0.4, 0.5) is 10.1 Å². The van der Waals surface area contributed by atoms with Gasteiger partial charge in [-0.15, -0.1) is 0 Å². The highest BCUT2D eigenvalue weighted by Gasteiger charge is 2.17. The zero-order valence-electron chi connectivity index (χ0n) is 7.59. The monoisotopic (exact) mass is 210 g/mol. The number of ether oxygens (including phenoxy) is 1. The van der Waals surface area contributed by atoms with Gasteiger partial charge in [0.15, 0.2) is 0 Å². The fraction of sp³-hybridized carbons (Fsp3) is 0.222. The molecule has 0 spiro atoms. The molecule has 1 heterocycles. The number of aliphatic imine (C=N–C) groups is 1. The molecule has 0 N–H and O–H groups in total. The minimum absolute atomic E-state index is 0.0394. The van der Waals surface area contributed by atoms with Crippen molar-refractivity contribution >= 4 is 11.9 Å². The van der Waals surface area contributed by atoms with Crippen LogP contribution in [0.15, 0.2) is 23.2 Å². The number of non-ortho nitro benzene ring substituents is 1. The lowest BCUT2D eigenvalue weighted by Crippen LogP contribution is -2.20. The molecule has 15 heavy (non-hydrogen) atoms. The van der Waals surface area contributed by atoms with E-state index in [2.05, 4.69) is 4.99 Å². The van der Waals surface area contributed by atoms with E-state index in [4.69, 9.17) is 4.74 Å². The Balaban J connectivity index is 2.36. The fourth-order valence-corrected chi connectivity index (χ4v) is 1.27. The molecule has 0 aromatic heterocycles. The van der Waals surface area contributed by atoms with E-state index in [1.54, 1.807) is 0 Å². The molecule has 1 unspecified atom stereocenters. The minimum Gasteiger partial charge on any atom is -0.465 e. The van der Waals surface area contributed by atoms with E-state index >= 15 is 0 Å². The highest BCUT2D eigenvalue weighted by molar-refractivity contribution is 5.85. The summed E-state index contributed by atoms with van der Waals surface area (Å²) < 4.78 is 17.4. The Hall–Kier alpha value is -1.98. The average molecular weight is 210 g/mol. The molecule has 0 radical (unpaired) electrons. The predicted molar refractivity (Wildman–Crippen MR) is 51.1 cm³/mol. The second-order valence-corrected chi connectivity index (χ2v) is 2.98. The van der Waals surface area contributed by atoms with Crippen LogP contribution in [0.25, 0.3) is 0 Å². The van der Waals surface area contributed by atoms with Gasteiger partial charge in [-0.3, -0.25) is 10.1 Å². The van der Waals surface area contributed by atoms with Gasteiger partial charge < -0.3 is 4.74 Å². The van der Waals surface area contributed by atoms with E-state index in [0.717, 1.165) is 0 Å². The summed E-state index contributed by atoms with van der Waals surface area (Å²) in [6, 6.07) is 4.10. The maximum Gasteiger partial charge on any atom is 0.270 e. The zero-order chi connectivity index (χ0) is 10.8. The van der Waals surface area contributed by atoms with E-state index in [9.17, 15) is 14.5 Å². The van der Waals surface area contributed by atoms with Gasteiger partial charge >= 0.3 is 0 Å². The van der Waals surface area contributed by atoms with Gasteiger partial charge in [0.05, 0.1) is 4.92 Å². The number of halogens is 1. The first kappa shape index (κ1) is 9.57. The Morgan fingerprint density at radius 2 is 2.40 bits per heavy atom. The Morgan fingerprint density at radius 1 is 1.60 bits per heavy atom. The van der Waals surface area contributed by atoms with E-state index in [-0.39, 0.29) is 5.69 Å². The first-order valence-corrected chi connectivity index (χ1v) is 4.25. The highest BCUT2D eigenvalue weighted by atomic mass is 19.1. The first-order chi connectivity index (χ1) is 7.20. The summed E-state index contributed by atoms with van der Waals surface area (Å²) in [4.78, 5) is 13.7. The summed E-state index contributed by atoms with van der Waals surface area (Å²) in [5, 5.41) is 10.5. The van der Waals surface area contributed by atoms with Crippen LogP contribution in [0.5, 0.6) is 5.75 Å². The van der Waals surface area contributed by atoms with Crippen molar-refractivity contribution in [2.45, 2.75) is 6.23 Å². The molecule has 1 aromatic rings. The molecule has 0 saturated carbocycles. The van der Waals surface area contributed by atoms with E-state index < -0.39 is 17.8 Å². The second-order valence-electron chi connectivity index (χ2n) is 2.98. The van der Waals surface area contributed by atoms with Crippen molar-refractivity contribution in [3.05, 3.63) is 33.9 Å². The lowest BCUT2D eigenvalue weighted by molar-refractivity contribution is -0.384. The standard InChI is InChI=1S/C9H7FN2O3/c10-4-9-11-5-6-3-7(12(13)14)1-2-8(6)15-9/h1-3,5,9H,4H2. The molecule has 0 saturated heterocycles. The smallest absolute Gasteiger partial charge is 0.270 e. The van der Waals surface area contributed by atoms with Crippen LogP contribution in [-0.2, 0) is 0 Å². The van der Waals surface area contributed by atoms with Gasteiger partial charge in [-0.05, 0) is 6.07 Å². The van der Waals surface area contributed by atoms with Crippen molar-refractivity contribution in [2.75, 3.05) is 6.67 Å². The largest absolute Gasteiger partial charge is 0.465 e. The zero-order valence-corrected chi connectivity index (χ0v) is 7.59.